The van der Waals surface area contributed by atoms with Crippen LogP contribution in [0, 0.1) is 5.41 Å². The number of anilines is 2. The van der Waals surface area contributed by atoms with Gasteiger partial charge in [-0.2, -0.15) is 0 Å². The molecule has 0 radical (unpaired) electrons. The lowest BCUT2D eigenvalue weighted by atomic mass is 9.93. The molecule has 0 aromatic heterocycles. The number of sulfonamides is 1. The first-order valence-electron chi connectivity index (χ1n) is 9.83. The molecule has 31 heavy (non-hydrogen) atoms. The fourth-order valence-electron chi connectivity index (χ4n) is 3.43. The third-order valence-electron chi connectivity index (χ3n) is 5.05. The number of nitrogens with zero attached hydrogens (tertiary/aromatic N) is 1. The Labute approximate surface area is 181 Å². The highest BCUT2D eigenvalue weighted by Gasteiger charge is 2.37. The molecule has 2 aliphatic heterocycles. The summed E-state index contributed by atoms with van der Waals surface area (Å²) in [4.78, 5) is 14.5. The van der Waals surface area contributed by atoms with Crippen LogP contribution in [0.1, 0.15) is 13.8 Å². The van der Waals surface area contributed by atoms with E-state index in [1.807, 2.05) is 13.8 Å². The van der Waals surface area contributed by atoms with Crippen molar-refractivity contribution in [2.45, 2.75) is 18.7 Å². The summed E-state index contributed by atoms with van der Waals surface area (Å²) in [5.41, 5.74) is 0.157. The van der Waals surface area contributed by atoms with Crippen LogP contribution < -0.4 is 23.8 Å². The molecule has 2 aliphatic rings. The first kappa shape index (κ1) is 21.0. The summed E-state index contributed by atoms with van der Waals surface area (Å²) in [6.07, 6.45) is 1.64. The van der Waals surface area contributed by atoms with E-state index >= 15 is 0 Å². The number of nitrogens with one attached hydrogen (secondary N) is 1. The van der Waals surface area contributed by atoms with Crippen molar-refractivity contribution in [3.8, 4) is 17.2 Å². The van der Waals surface area contributed by atoms with Crippen molar-refractivity contribution < 1.29 is 27.4 Å². The lowest BCUT2D eigenvalue weighted by molar-refractivity contribution is -0.127. The molecule has 8 nitrogen and oxygen atoms in total. The number of carbonyl (C=O) groups is 1. The number of benzene rings is 2. The van der Waals surface area contributed by atoms with Gasteiger partial charge in [-0.1, -0.05) is 6.08 Å². The van der Waals surface area contributed by atoms with Crippen molar-refractivity contribution in [3.05, 3.63) is 49.1 Å². The zero-order valence-corrected chi connectivity index (χ0v) is 18.2. The Hall–Kier alpha value is -3.20. The Morgan fingerprint density at radius 3 is 2.55 bits per heavy atom. The van der Waals surface area contributed by atoms with Gasteiger partial charge in [-0.05, 0) is 38.1 Å². The Kier molecular flexibility index (Phi) is 5.30. The number of hydrogen-bond acceptors (Lipinski definition) is 6. The minimum atomic E-state index is -3.88. The van der Waals surface area contributed by atoms with Gasteiger partial charge in [0.05, 0.1) is 21.7 Å². The molecule has 0 saturated heterocycles. The Bertz CT molecular complexity index is 1140. The van der Waals surface area contributed by atoms with E-state index in [2.05, 4.69) is 11.3 Å². The molecule has 9 heteroatoms. The Morgan fingerprint density at radius 1 is 1.06 bits per heavy atom. The minimum absolute atomic E-state index is 0.0530. The predicted molar refractivity (Wildman–Crippen MR) is 117 cm³/mol. The van der Waals surface area contributed by atoms with Gasteiger partial charge in [-0.25, -0.2) is 8.42 Å². The Balaban J connectivity index is 1.64. The second-order valence-electron chi connectivity index (χ2n) is 7.97. The van der Waals surface area contributed by atoms with Crippen molar-refractivity contribution in [2.24, 2.45) is 5.41 Å². The van der Waals surface area contributed by atoms with Crippen molar-refractivity contribution in [1.82, 2.24) is 0 Å². The van der Waals surface area contributed by atoms with Gasteiger partial charge < -0.3 is 19.1 Å². The Morgan fingerprint density at radius 2 is 1.81 bits per heavy atom. The maximum Gasteiger partial charge on any atom is 0.262 e. The van der Waals surface area contributed by atoms with Crippen molar-refractivity contribution in [3.63, 3.8) is 0 Å². The van der Waals surface area contributed by atoms with Crippen LogP contribution in [0.25, 0.3) is 0 Å². The zero-order chi connectivity index (χ0) is 22.2. The number of carbonyl (C=O) groups excluding carboxylic acids is 1. The van der Waals surface area contributed by atoms with E-state index in [-0.39, 0.29) is 17.4 Å². The monoisotopic (exact) mass is 444 g/mol. The van der Waals surface area contributed by atoms with Gasteiger partial charge in [0, 0.05) is 18.7 Å². The van der Waals surface area contributed by atoms with E-state index < -0.39 is 15.4 Å². The lowest BCUT2D eigenvalue weighted by Gasteiger charge is -2.27. The SMILES string of the molecule is C=CCN1C(=O)C(C)(C)COc2cc(NS(=O)(=O)c3ccc4c(c3)OCCO4)ccc21. The van der Waals surface area contributed by atoms with Crippen LogP contribution in [0.4, 0.5) is 11.4 Å². The first-order valence-corrected chi connectivity index (χ1v) is 11.3. The van der Waals surface area contributed by atoms with E-state index in [4.69, 9.17) is 14.2 Å². The van der Waals surface area contributed by atoms with Crippen molar-refractivity contribution in [1.29, 1.82) is 0 Å². The minimum Gasteiger partial charge on any atom is -0.490 e. The molecular formula is C22H24N2O6S. The van der Waals surface area contributed by atoms with Crippen LogP contribution in [0.2, 0.25) is 0 Å². The highest BCUT2D eigenvalue weighted by atomic mass is 32.2. The molecule has 164 valence electrons. The van der Waals surface area contributed by atoms with Crippen LogP contribution in [0.3, 0.4) is 0 Å². The molecule has 2 aromatic rings. The average molecular weight is 445 g/mol. The number of rotatable bonds is 5. The number of ether oxygens (including phenoxy) is 3. The third-order valence-corrected chi connectivity index (χ3v) is 6.43. The molecule has 0 fully saturated rings. The maximum atomic E-state index is 12.9. The second-order valence-corrected chi connectivity index (χ2v) is 9.65. The smallest absolute Gasteiger partial charge is 0.262 e. The summed E-state index contributed by atoms with van der Waals surface area (Å²) in [7, 11) is -3.88. The van der Waals surface area contributed by atoms with Crippen molar-refractivity contribution in [2.75, 3.05) is 36.0 Å². The van der Waals surface area contributed by atoms with Gasteiger partial charge in [-0.15, -0.1) is 6.58 Å². The summed E-state index contributed by atoms with van der Waals surface area (Å²) < 4.78 is 45.2. The van der Waals surface area contributed by atoms with Gasteiger partial charge in [0.1, 0.15) is 25.6 Å². The van der Waals surface area contributed by atoms with Gasteiger partial charge in [0.15, 0.2) is 11.5 Å². The van der Waals surface area contributed by atoms with Crippen molar-refractivity contribution >= 4 is 27.3 Å². The van der Waals surface area contributed by atoms with E-state index in [0.717, 1.165) is 0 Å². The normalized spacial score (nSPS) is 17.2. The van der Waals surface area contributed by atoms with E-state index in [0.29, 0.717) is 48.4 Å². The van der Waals surface area contributed by atoms with Gasteiger partial charge in [0.2, 0.25) is 5.91 Å². The molecular weight excluding hydrogens is 420 g/mol. The molecule has 1 N–H and O–H groups in total. The molecule has 1 amide bonds. The largest absolute Gasteiger partial charge is 0.490 e. The van der Waals surface area contributed by atoms with E-state index in [1.165, 1.54) is 12.1 Å². The molecule has 0 atom stereocenters. The number of fused-ring (bicyclic) bond motifs is 2. The zero-order valence-electron chi connectivity index (χ0n) is 17.4. The number of amides is 1. The van der Waals surface area contributed by atoms with Gasteiger partial charge in [0.25, 0.3) is 10.0 Å². The summed E-state index contributed by atoms with van der Waals surface area (Å²) in [5.74, 6) is 1.23. The fourth-order valence-corrected chi connectivity index (χ4v) is 4.49. The summed E-state index contributed by atoms with van der Waals surface area (Å²) in [6, 6.07) is 9.31. The molecule has 0 bridgehead atoms. The van der Waals surface area contributed by atoms with E-state index in [9.17, 15) is 13.2 Å². The highest BCUT2D eigenvalue weighted by molar-refractivity contribution is 7.92. The summed E-state index contributed by atoms with van der Waals surface area (Å²) in [6.45, 7) is 8.62. The standard InChI is InChI=1S/C22H24N2O6S/c1-4-9-24-17-7-5-15(12-19(17)30-14-22(2,3)21(24)25)23-31(26,27)16-6-8-18-20(13-16)29-11-10-28-18/h4-8,12-13,23H,1,9-11,14H2,2-3H3. The maximum absolute atomic E-state index is 12.9. The van der Waals surface area contributed by atoms with Gasteiger partial charge in [-0.3, -0.25) is 9.52 Å². The molecule has 0 spiro atoms. The number of hydrogen-bond donors (Lipinski definition) is 1. The van der Waals surface area contributed by atoms with Crippen LogP contribution >= 0.6 is 0 Å². The fraction of sp³-hybridized carbons (Fsp3) is 0.318. The van der Waals surface area contributed by atoms with Crippen LogP contribution in [0.15, 0.2) is 53.9 Å². The topological polar surface area (TPSA) is 94.2 Å². The van der Waals surface area contributed by atoms with Crippen LogP contribution in [0.5, 0.6) is 17.2 Å². The summed E-state index contributed by atoms with van der Waals surface area (Å²) >= 11 is 0. The average Bonchev–Trinajstić information content (AvgIpc) is 2.83. The van der Waals surface area contributed by atoms with Crippen LogP contribution in [-0.4, -0.2) is 40.7 Å². The van der Waals surface area contributed by atoms with E-state index in [1.54, 1.807) is 35.2 Å². The molecule has 4 rings (SSSR count). The quantitative estimate of drug-likeness (QED) is 0.712. The molecule has 0 unspecified atom stereocenters. The summed E-state index contributed by atoms with van der Waals surface area (Å²) in [5, 5.41) is 0. The first-order chi connectivity index (χ1) is 14.7. The molecule has 2 aromatic carbocycles. The lowest BCUT2D eigenvalue weighted by Crippen LogP contribution is -2.42. The molecule has 0 aliphatic carbocycles. The molecule has 2 heterocycles. The second kappa shape index (κ2) is 7.81. The third kappa shape index (κ3) is 4.05. The van der Waals surface area contributed by atoms with Gasteiger partial charge >= 0.3 is 0 Å². The van der Waals surface area contributed by atoms with Crippen LogP contribution in [-0.2, 0) is 14.8 Å². The predicted octanol–water partition coefficient (Wildman–Crippen LogP) is 3.20. The highest BCUT2D eigenvalue weighted by Crippen LogP contribution is 2.39. The molecule has 0 saturated carbocycles.